The lowest BCUT2D eigenvalue weighted by Crippen LogP contribution is -2.25. The fourth-order valence-electron chi connectivity index (χ4n) is 1.51. The minimum Gasteiger partial charge on any atom is -0.433 e. The van der Waals surface area contributed by atoms with Crippen LogP contribution in [0.4, 0.5) is 5.82 Å². The van der Waals surface area contributed by atoms with E-state index in [-0.39, 0.29) is 11.7 Å². The number of hydrogen-bond acceptors (Lipinski definition) is 6. The Balaban J connectivity index is 2.22. The molecule has 0 bridgehead atoms. The molecule has 0 radical (unpaired) electrons. The second-order valence-corrected chi connectivity index (χ2v) is 5.57. The van der Waals surface area contributed by atoms with Crippen molar-refractivity contribution in [1.82, 2.24) is 19.7 Å². The van der Waals surface area contributed by atoms with Gasteiger partial charge in [0.25, 0.3) is 5.88 Å². The standard InChI is InChI=1S/C12H13BrN6O/c1-12(2,3-4-14)19-7-8(5-17-19)20-11-10(15)16-6-9(13)18-11/h5-7H,3H2,1-2H3,(H2,15,16). The molecule has 0 spiro atoms. The SMILES string of the molecule is CC(C)(CC#N)n1cc(Oc2nc(Br)cnc2N)cn1. The zero-order valence-corrected chi connectivity index (χ0v) is 12.6. The van der Waals surface area contributed by atoms with E-state index in [1.807, 2.05) is 13.8 Å². The summed E-state index contributed by atoms with van der Waals surface area (Å²) in [6, 6.07) is 2.13. The van der Waals surface area contributed by atoms with Gasteiger partial charge in [-0.1, -0.05) is 0 Å². The summed E-state index contributed by atoms with van der Waals surface area (Å²) in [4.78, 5) is 8.03. The minimum absolute atomic E-state index is 0.192. The molecule has 7 nitrogen and oxygen atoms in total. The van der Waals surface area contributed by atoms with Crippen LogP contribution in [0.25, 0.3) is 0 Å². The first-order valence-electron chi connectivity index (χ1n) is 5.80. The summed E-state index contributed by atoms with van der Waals surface area (Å²) in [6.07, 6.45) is 5.06. The van der Waals surface area contributed by atoms with Crippen molar-refractivity contribution in [3.8, 4) is 17.7 Å². The number of rotatable bonds is 4. The Morgan fingerprint density at radius 1 is 1.50 bits per heavy atom. The quantitative estimate of drug-likeness (QED) is 0.919. The number of hydrogen-bond donors (Lipinski definition) is 1. The van der Waals surface area contributed by atoms with Crippen LogP contribution < -0.4 is 10.5 Å². The van der Waals surface area contributed by atoms with Gasteiger partial charge in [-0.3, -0.25) is 4.68 Å². The third kappa shape index (κ3) is 3.05. The molecule has 0 fully saturated rings. The number of nitrogen functional groups attached to an aromatic ring is 1. The van der Waals surface area contributed by atoms with Crippen LogP contribution in [0.3, 0.4) is 0 Å². The van der Waals surface area contributed by atoms with Crippen LogP contribution in [0.15, 0.2) is 23.2 Å². The zero-order chi connectivity index (χ0) is 14.8. The van der Waals surface area contributed by atoms with E-state index in [0.29, 0.717) is 16.8 Å². The third-order valence-corrected chi connectivity index (χ3v) is 3.02. The van der Waals surface area contributed by atoms with Crippen LogP contribution in [0, 0.1) is 11.3 Å². The van der Waals surface area contributed by atoms with E-state index >= 15 is 0 Å². The van der Waals surface area contributed by atoms with E-state index in [0.717, 1.165) is 0 Å². The molecular formula is C12H13BrN6O. The number of nitrogens with two attached hydrogens (primary N) is 1. The van der Waals surface area contributed by atoms with E-state index < -0.39 is 5.54 Å². The lowest BCUT2D eigenvalue weighted by atomic mass is 10.0. The minimum atomic E-state index is -0.412. The summed E-state index contributed by atoms with van der Waals surface area (Å²) in [6.45, 7) is 3.83. The van der Waals surface area contributed by atoms with Crippen LogP contribution in [0.1, 0.15) is 20.3 Å². The first-order valence-corrected chi connectivity index (χ1v) is 6.59. The molecule has 2 heterocycles. The highest BCUT2D eigenvalue weighted by Crippen LogP contribution is 2.27. The van der Waals surface area contributed by atoms with Crippen LogP contribution in [-0.4, -0.2) is 19.7 Å². The van der Waals surface area contributed by atoms with E-state index in [2.05, 4.69) is 37.1 Å². The van der Waals surface area contributed by atoms with Gasteiger partial charge in [-0.15, -0.1) is 0 Å². The third-order valence-electron chi connectivity index (χ3n) is 2.64. The van der Waals surface area contributed by atoms with Crippen LogP contribution in [0.2, 0.25) is 0 Å². The molecule has 2 rings (SSSR count). The Morgan fingerprint density at radius 3 is 2.95 bits per heavy atom. The second kappa shape index (κ2) is 5.46. The summed E-state index contributed by atoms with van der Waals surface area (Å²) in [5.41, 5.74) is 5.28. The van der Waals surface area contributed by atoms with Gasteiger partial charge >= 0.3 is 0 Å². The molecule has 0 aliphatic heterocycles. The van der Waals surface area contributed by atoms with Gasteiger partial charge < -0.3 is 10.5 Å². The Morgan fingerprint density at radius 2 is 2.25 bits per heavy atom. The maximum absolute atomic E-state index is 8.81. The van der Waals surface area contributed by atoms with Crippen molar-refractivity contribution in [3.05, 3.63) is 23.2 Å². The molecule has 20 heavy (non-hydrogen) atoms. The smallest absolute Gasteiger partial charge is 0.263 e. The Hall–Kier alpha value is -2.14. The van der Waals surface area contributed by atoms with Gasteiger partial charge in [0.05, 0.1) is 36.6 Å². The van der Waals surface area contributed by atoms with Crippen molar-refractivity contribution < 1.29 is 4.74 Å². The highest BCUT2D eigenvalue weighted by atomic mass is 79.9. The van der Waals surface area contributed by atoms with E-state index in [1.165, 1.54) is 6.20 Å². The van der Waals surface area contributed by atoms with Crippen molar-refractivity contribution >= 4 is 21.7 Å². The Labute approximate surface area is 124 Å². The molecule has 2 N–H and O–H groups in total. The second-order valence-electron chi connectivity index (χ2n) is 4.75. The Kier molecular flexibility index (Phi) is 3.90. The number of anilines is 1. The average Bonchev–Trinajstić information content (AvgIpc) is 2.83. The van der Waals surface area contributed by atoms with Gasteiger partial charge in [-0.05, 0) is 29.8 Å². The molecule has 0 saturated heterocycles. The fourth-order valence-corrected chi connectivity index (χ4v) is 1.78. The van der Waals surface area contributed by atoms with Gasteiger partial charge in [-0.25, -0.2) is 9.97 Å². The predicted molar refractivity (Wildman–Crippen MR) is 76.0 cm³/mol. The van der Waals surface area contributed by atoms with Crippen molar-refractivity contribution in [2.45, 2.75) is 25.8 Å². The lowest BCUT2D eigenvalue weighted by Gasteiger charge is -2.21. The molecule has 0 amide bonds. The molecular weight excluding hydrogens is 324 g/mol. The number of aromatic nitrogens is 4. The first kappa shape index (κ1) is 14.3. The van der Waals surface area contributed by atoms with Crippen LogP contribution in [-0.2, 0) is 5.54 Å². The molecule has 0 saturated carbocycles. The first-order chi connectivity index (χ1) is 9.42. The van der Waals surface area contributed by atoms with Gasteiger partial charge in [0, 0.05) is 0 Å². The van der Waals surface area contributed by atoms with E-state index in [4.69, 9.17) is 15.7 Å². The summed E-state index contributed by atoms with van der Waals surface area (Å²) in [5, 5.41) is 13.0. The van der Waals surface area contributed by atoms with Crippen molar-refractivity contribution in [2.24, 2.45) is 0 Å². The molecule has 0 aliphatic carbocycles. The molecule has 104 valence electrons. The Bertz CT molecular complexity index is 660. The number of halogens is 1. The highest BCUT2D eigenvalue weighted by Gasteiger charge is 2.21. The number of nitriles is 1. The van der Waals surface area contributed by atoms with Crippen LogP contribution >= 0.6 is 15.9 Å². The largest absolute Gasteiger partial charge is 0.433 e. The summed E-state index contributed by atoms with van der Waals surface area (Å²) < 4.78 is 7.75. The van der Waals surface area contributed by atoms with Gasteiger partial charge in [0.1, 0.15) is 4.60 Å². The van der Waals surface area contributed by atoms with Gasteiger partial charge in [0.15, 0.2) is 11.6 Å². The monoisotopic (exact) mass is 336 g/mol. The molecule has 0 atom stereocenters. The molecule has 0 aromatic carbocycles. The molecule has 0 aliphatic rings. The lowest BCUT2D eigenvalue weighted by molar-refractivity contribution is 0.325. The number of ether oxygens (including phenoxy) is 1. The maximum atomic E-state index is 8.81. The van der Waals surface area contributed by atoms with Crippen molar-refractivity contribution in [2.75, 3.05) is 5.73 Å². The summed E-state index contributed by atoms with van der Waals surface area (Å²) in [5.74, 6) is 0.879. The zero-order valence-electron chi connectivity index (χ0n) is 11.0. The van der Waals surface area contributed by atoms with E-state index in [1.54, 1.807) is 17.1 Å². The van der Waals surface area contributed by atoms with Crippen molar-refractivity contribution in [3.63, 3.8) is 0 Å². The fraction of sp³-hybridized carbons (Fsp3) is 0.333. The van der Waals surface area contributed by atoms with Crippen LogP contribution in [0.5, 0.6) is 11.6 Å². The topological polar surface area (TPSA) is 103 Å². The summed E-state index contributed by atoms with van der Waals surface area (Å²) >= 11 is 3.20. The van der Waals surface area contributed by atoms with Crippen molar-refractivity contribution in [1.29, 1.82) is 5.26 Å². The van der Waals surface area contributed by atoms with Gasteiger partial charge in [0.2, 0.25) is 0 Å². The number of nitrogens with zero attached hydrogens (tertiary/aromatic N) is 5. The molecule has 0 unspecified atom stereocenters. The van der Waals surface area contributed by atoms with E-state index in [9.17, 15) is 0 Å². The normalized spacial score (nSPS) is 11.1. The summed E-state index contributed by atoms with van der Waals surface area (Å²) in [7, 11) is 0. The average molecular weight is 337 g/mol. The maximum Gasteiger partial charge on any atom is 0.263 e. The molecule has 2 aromatic rings. The predicted octanol–water partition coefficient (Wildman–Crippen LogP) is 2.46. The highest BCUT2D eigenvalue weighted by molar-refractivity contribution is 9.10. The molecule has 2 aromatic heterocycles. The van der Waals surface area contributed by atoms with Gasteiger partial charge in [-0.2, -0.15) is 10.4 Å². The molecule has 8 heteroatoms.